The second-order valence-electron chi connectivity index (χ2n) is 6.61. The van der Waals surface area contributed by atoms with Crippen LogP contribution in [-0.4, -0.2) is 50.7 Å². The fraction of sp³-hybridized carbons (Fsp3) is 0.250. The molecule has 0 unspecified atom stereocenters. The summed E-state index contributed by atoms with van der Waals surface area (Å²) in [5.74, 6) is -1.56. The lowest BCUT2D eigenvalue weighted by Gasteiger charge is -2.15. The highest BCUT2D eigenvalue weighted by Gasteiger charge is 2.21. The molecular weight excluding hydrogens is 410 g/mol. The third-order valence-electron chi connectivity index (χ3n) is 3.97. The van der Waals surface area contributed by atoms with Crippen LogP contribution >= 0.6 is 0 Å². The maximum Gasteiger partial charge on any atom is 0.338 e. The molecule has 0 spiro atoms. The molecule has 2 aromatic carbocycles. The first kappa shape index (κ1) is 23.0. The molecule has 0 aromatic heterocycles. The number of rotatable bonds is 7. The summed E-state index contributed by atoms with van der Waals surface area (Å²) >= 11 is 0. The van der Waals surface area contributed by atoms with Crippen LogP contribution in [0.3, 0.4) is 0 Å². The third kappa shape index (κ3) is 5.88. The summed E-state index contributed by atoms with van der Waals surface area (Å²) in [7, 11) is -0.836. The van der Waals surface area contributed by atoms with E-state index < -0.39 is 28.0 Å². The van der Waals surface area contributed by atoms with Crippen molar-refractivity contribution in [2.75, 3.05) is 24.7 Å². The van der Waals surface area contributed by atoms with Crippen LogP contribution in [0.15, 0.2) is 53.4 Å². The molecule has 0 saturated heterocycles. The minimum atomic E-state index is -3.65. The number of carbonyl (C=O) groups excluding carboxylic acids is 3. The molecule has 0 aliphatic heterocycles. The Bertz CT molecular complexity index is 1050. The van der Waals surface area contributed by atoms with Gasteiger partial charge in [-0.25, -0.2) is 17.5 Å². The second kappa shape index (κ2) is 9.51. The van der Waals surface area contributed by atoms with Crippen molar-refractivity contribution in [1.82, 2.24) is 4.31 Å². The van der Waals surface area contributed by atoms with Gasteiger partial charge >= 0.3 is 5.97 Å². The maximum atomic E-state index is 12.4. The van der Waals surface area contributed by atoms with Gasteiger partial charge in [-0.2, -0.15) is 0 Å². The molecular formula is C20H23N3O6S. The van der Waals surface area contributed by atoms with Gasteiger partial charge in [-0.1, -0.05) is 6.07 Å². The lowest BCUT2D eigenvalue weighted by atomic mass is 10.2. The van der Waals surface area contributed by atoms with Gasteiger partial charge in [0, 0.05) is 32.4 Å². The number of hydrogen-bond acceptors (Lipinski definition) is 6. The zero-order valence-corrected chi connectivity index (χ0v) is 17.8. The van der Waals surface area contributed by atoms with E-state index >= 15 is 0 Å². The predicted molar refractivity (Wildman–Crippen MR) is 112 cm³/mol. The van der Waals surface area contributed by atoms with E-state index in [0.717, 1.165) is 4.31 Å². The second-order valence-corrected chi connectivity index (χ2v) is 8.76. The van der Waals surface area contributed by atoms with Crippen molar-refractivity contribution >= 4 is 39.2 Å². The first-order chi connectivity index (χ1) is 14.0. The molecule has 2 rings (SSSR count). The average Bonchev–Trinajstić information content (AvgIpc) is 2.68. The minimum Gasteiger partial charge on any atom is -0.449 e. The lowest BCUT2D eigenvalue weighted by Crippen LogP contribution is -2.30. The van der Waals surface area contributed by atoms with Gasteiger partial charge in [0.15, 0.2) is 6.10 Å². The molecule has 160 valence electrons. The Hall–Kier alpha value is -3.24. The van der Waals surface area contributed by atoms with Gasteiger partial charge < -0.3 is 15.4 Å². The molecule has 2 N–H and O–H groups in total. The normalized spacial score (nSPS) is 12.2. The lowest BCUT2D eigenvalue weighted by molar-refractivity contribution is -0.123. The van der Waals surface area contributed by atoms with E-state index in [4.69, 9.17) is 4.74 Å². The monoisotopic (exact) mass is 433 g/mol. The Morgan fingerprint density at radius 1 is 0.967 bits per heavy atom. The number of hydrogen-bond donors (Lipinski definition) is 2. The summed E-state index contributed by atoms with van der Waals surface area (Å²) in [4.78, 5) is 35.6. The summed E-state index contributed by atoms with van der Waals surface area (Å²) in [6.45, 7) is 2.77. The predicted octanol–water partition coefficient (Wildman–Crippen LogP) is 2.08. The van der Waals surface area contributed by atoms with Gasteiger partial charge in [0.05, 0.1) is 10.5 Å². The van der Waals surface area contributed by atoms with Crippen LogP contribution in [0, 0.1) is 0 Å². The fourth-order valence-electron chi connectivity index (χ4n) is 2.36. The standard InChI is InChI=1S/C20H23N3O6S/c1-13(29-20(26)15-8-10-16(11-9-15)21-14(2)24)19(25)22-17-6-5-7-18(12-17)30(27,28)23(3)4/h5-13H,1-4H3,(H,21,24)(H,22,25)/t13-/m1/s1. The largest absolute Gasteiger partial charge is 0.449 e. The smallest absolute Gasteiger partial charge is 0.338 e. The maximum absolute atomic E-state index is 12.4. The zero-order valence-electron chi connectivity index (χ0n) is 17.0. The molecule has 1 atom stereocenters. The topological polar surface area (TPSA) is 122 Å². The van der Waals surface area contributed by atoms with Crippen molar-refractivity contribution in [2.24, 2.45) is 0 Å². The highest BCUT2D eigenvalue weighted by molar-refractivity contribution is 7.89. The van der Waals surface area contributed by atoms with Crippen LogP contribution in [0.4, 0.5) is 11.4 Å². The number of benzene rings is 2. The Morgan fingerprint density at radius 2 is 1.60 bits per heavy atom. The van der Waals surface area contributed by atoms with E-state index in [1.54, 1.807) is 12.1 Å². The number of ether oxygens (including phenoxy) is 1. The van der Waals surface area contributed by atoms with Gasteiger partial charge in [-0.3, -0.25) is 9.59 Å². The number of carbonyl (C=O) groups is 3. The molecule has 9 nitrogen and oxygen atoms in total. The van der Waals surface area contributed by atoms with Gasteiger partial charge in [-0.15, -0.1) is 0 Å². The molecule has 2 amide bonds. The van der Waals surface area contributed by atoms with Crippen LogP contribution in [0.5, 0.6) is 0 Å². The van der Waals surface area contributed by atoms with E-state index in [-0.39, 0.29) is 22.1 Å². The van der Waals surface area contributed by atoms with Crippen molar-refractivity contribution < 1.29 is 27.5 Å². The van der Waals surface area contributed by atoms with Crippen molar-refractivity contribution in [2.45, 2.75) is 24.8 Å². The minimum absolute atomic E-state index is 0.0224. The number of amides is 2. The van der Waals surface area contributed by atoms with Gasteiger partial charge in [0.1, 0.15) is 0 Å². The molecule has 30 heavy (non-hydrogen) atoms. The summed E-state index contributed by atoms with van der Waals surface area (Å²) < 4.78 is 30.6. The highest BCUT2D eigenvalue weighted by Crippen LogP contribution is 2.18. The van der Waals surface area contributed by atoms with Crippen molar-refractivity contribution in [1.29, 1.82) is 0 Å². The molecule has 0 aliphatic carbocycles. The third-order valence-corrected chi connectivity index (χ3v) is 5.79. The summed E-state index contributed by atoms with van der Waals surface area (Å²) in [5, 5.41) is 5.11. The number of nitrogens with zero attached hydrogens (tertiary/aromatic N) is 1. The van der Waals surface area contributed by atoms with Crippen molar-refractivity contribution in [3.63, 3.8) is 0 Å². The quantitative estimate of drug-likeness (QED) is 0.645. The van der Waals surface area contributed by atoms with Gasteiger partial charge in [0.2, 0.25) is 15.9 Å². The summed E-state index contributed by atoms with van der Waals surface area (Å²) in [6.07, 6.45) is -1.12. The Kier molecular flexibility index (Phi) is 7.30. The molecule has 0 bridgehead atoms. The summed E-state index contributed by atoms with van der Waals surface area (Å²) in [5.41, 5.74) is 0.991. The molecule has 0 radical (unpaired) electrons. The van der Waals surface area contributed by atoms with Crippen LogP contribution in [0.1, 0.15) is 24.2 Å². The number of nitrogens with one attached hydrogen (secondary N) is 2. The molecule has 0 heterocycles. The van der Waals surface area contributed by atoms with Crippen molar-refractivity contribution in [3.05, 3.63) is 54.1 Å². The van der Waals surface area contributed by atoms with E-state index in [1.165, 1.54) is 64.3 Å². The summed E-state index contributed by atoms with van der Waals surface area (Å²) in [6, 6.07) is 11.8. The van der Waals surface area contributed by atoms with E-state index in [1.807, 2.05) is 0 Å². The van der Waals surface area contributed by atoms with Crippen LogP contribution in [-0.2, 0) is 24.3 Å². The van der Waals surface area contributed by atoms with Crippen LogP contribution < -0.4 is 10.6 Å². The first-order valence-corrected chi connectivity index (χ1v) is 10.4. The molecule has 10 heteroatoms. The Morgan fingerprint density at radius 3 is 2.17 bits per heavy atom. The van der Waals surface area contributed by atoms with Gasteiger partial charge in [0.25, 0.3) is 5.91 Å². The van der Waals surface area contributed by atoms with E-state index in [0.29, 0.717) is 5.69 Å². The number of esters is 1. The molecule has 0 aliphatic rings. The Balaban J connectivity index is 2.03. The van der Waals surface area contributed by atoms with E-state index in [2.05, 4.69) is 10.6 Å². The molecule has 0 saturated carbocycles. The Labute approximate surface area is 175 Å². The zero-order chi connectivity index (χ0) is 22.5. The van der Waals surface area contributed by atoms with Crippen molar-refractivity contribution in [3.8, 4) is 0 Å². The van der Waals surface area contributed by atoms with Crippen LogP contribution in [0.2, 0.25) is 0 Å². The fourth-order valence-corrected chi connectivity index (χ4v) is 3.31. The van der Waals surface area contributed by atoms with Gasteiger partial charge in [-0.05, 0) is 49.4 Å². The molecule has 2 aromatic rings. The molecule has 0 fully saturated rings. The van der Waals surface area contributed by atoms with E-state index in [9.17, 15) is 22.8 Å². The van der Waals surface area contributed by atoms with Crippen LogP contribution in [0.25, 0.3) is 0 Å². The number of anilines is 2. The number of sulfonamides is 1. The highest BCUT2D eigenvalue weighted by atomic mass is 32.2. The average molecular weight is 433 g/mol. The SMILES string of the molecule is CC(=O)Nc1ccc(C(=O)O[C@H](C)C(=O)Nc2cccc(S(=O)(=O)N(C)C)c2)cc1. The first-order valence-electron chi connectivity index (χ1n) is 8.93.